The highest BCUT2D eigenvalue weighted by molar-refractivity contribution is 9.10. The number of ether oxygens (including phenoxy) is 2. The smallest absolute Gasteiger partial charge is 0.337 e. The Kier molecular flexibility index (Phi) is 7.09. The molecule has 2 aromatic rings. The molecule has 0 N–H and O–H groups in total. The molecule has 0 radical (unpaired) electrons. The van der Waals surface area contributed by atoms with Crippen molar-refractivity contribution in [3.63, 3.8) is 0 Å². The lowest BCUT2D eigenvalue weighted by molar-refractivity contribution is -0.146. The van der Waals surface area contributed by atoms with Crippen molar-refractivity contribution < 1.29 is 23.9 Å². The molecule has 1 atom stereocenters. The molecule has 0 aliphatic rings. The minimum absolute atomic E-state index is 0.197. The Morgan fingerprint density at radius 2 is 1.69 bits per heavy atom. The van der Waals surface area contributed by atoms with Crippen molar-refractivity contribution in [1.29, 1.82) is 0 Å². The van der Waals surface area contributed by atoms with E-state index in [-0.39, 0.29) is 18.8 Å². The number of benzene rings is 2. The molecule has 0 aromatic heterocycles. The Balaban J connectivity index is 2.27. The summed E-state index contributed by atoms with van der Waals surface area (Å²) in [5.74, 6) is -2.34. The fourth-order valence-corrected chi connectivity index (χ4v) is 2.96. The molecule has 0 spiro atoms. The van der Waals surface area contributed by atoms with Gasteiger partial charge < -0.3 is 9.47 Å². The zero-order valence-corrected chi connectivity index (χ0v) is 16.1. The number of hydrogen-bond donors (Lipinski definition) is 0. The highest BCUT2D eigenvalue weighted by Crippen LogP contribution is 2.20. The summed E-state index contributed by atoms with van der Waals surface area (Å²) in [5, 5.41) is 0. The maximum absolute atomic E-state index is 12.9. The lowest BCUT2D eigenvalue weighted by Crippen LogP contribution is -2.28. The summed E-state index contributed by atoms with van der Waals surface area (Å²) in [4.78, 5) is 36.7. The van der Waals surface area contributed by atoms with Gasteiger partial charge in [-0.05, 0) is 43.2 Å². The molecule has 2 rings (SSSR count). The van der Waals surface area contributed by atoms with Gasteiger partial charge in [-0.15, -0.1) is 0 Å². The van der Waals surface area contributed by atoms with Crippen molar-refractivity contribution in [3.05, 3.63) is 69.7 Å². The van der Waals surface area contributed by atoms with Gasteiger partial charge in [-0.3, -0.25) is 9.59 Å². The highest BCUT2D eigenvalue weighted by Gasteiger charge is 2.29. The number of halogens is 1. The predicted molar refractivity (Wildman–Crippen MR) is 100 cm³/mol. The van der Waals surface area contributed by atoms with Gasteiger partial charge in [-0.2, -0.15) is 0 Å². The lowest BCUT2D eigenvalue weighted by Gasteiger charge is -2.15. The van der Waals surface area contributed by atoms with Gasteiger partial charge in [0.1, 0.15) is 5.92 Å². The quantitative estimate of drug-likeness (QED) is 0.388. The van der Waals surface area contributed by atoms with E-state index in [0.717, 1.165) is 10.0 Å². The minimum Gasteiger partial charge on any atom is -0.465 e. The third-order valence-corrected chi connectivity index (χ3v) is 4.30. The zero-order chi connectivity index (χ0) is 19.1. The van der Waals surface area contributed by atoms with Crippen LogP contribution in [0, 0.1) is 5.92 Å². The molecule has 0 aliphatic heterocycles. The SMILES string of the molecule is CCOC(=O)C(Cc1cccc(Br)c1)C(=O)c1ccc(C(=O)OC)cc1. The topological polar surface area (TPSA) is 69.7 Å². The number of carbonyl (C=O) groups is 3. The molecule has 0 amide bonds. The summed E-state index contributed by atoms with van der Waals surface area (Å²) in [6.07, 6.45) is 0.232. The van der Waals surface area contributed by atoms with E-state index in [1.54, 1.807) is 6.92 Å². The number of ketones is 1. The molecule has 136 valence electrons. The standard InChI is InChI=1S/C20H19BrO5/c1-3-26-20(24)17(12-13-5-4-6-16(21)11-13)18(22)14-7-9-15(10-8-14)19(23)25-2/h4-11,17H,3,12H2,1-2H3. The fourth-order valence-electron chi connectivity index (χ4n) is 2.52. The first-order valence-electron chi connectivity index (χ1n) is 8.10. The molecule has 0 fully saturated rings. The van der Waals surface area contributed by atoms with Crippen LogP contribution in [0.5, 0.6) is 0 Å². The van der Waals surface area contributed by atoms with Gasteiger partial charge in [-0.1, -0.05) is 40.2 Å². The average Bonchev–Trinajstić information content (AvgIpc) is 2.65. The number of carbonyl (C=O) groups excluding carboxylic acids is 3. The first-order chi connectivity index (χ1) is 12.5. The van der Waals surface area contributed by atoms with Gasteiger partial charge in [0, 0.05) is 10.0 Å². The van der Waals surface area contributed by atoms with Gasteiger partial charge in [0.15, 0.2) is 5.78 Å². The molecule has 0 aliphatic carbocycles. The highest BCUT2D eigenvalue weighted by atomic mass is 79.9. The molecule has 1 unspecified atom stereocenters. The summed E-state index contributed by atoms with van der Waals surface area (Å²) in [5.41, 5.74) is 1.52. The lowest BCUT2D eigenvalue weighted by atomic mass is 9.91. The van der Waals surface area contributed by atoms with Crippen LogP contribution in [0.15, 0.2) is 53.0 Å². The summed E-state index contributed by atoms with van der Waals surface area (Å²) in [6.45, 7) is 1.89. The van der Waals surface area contributed by atoms with Crippen molar-refractivity contribution in [1.82, 2.24) is 0 Å². The second-order valence-corrected chi connectivity index (χ2v) is 6.49. The molecule has 0 bridgehead atoms. The van der Waals surface area contributed by atoms with E-state index in [2.05, 4.69) is 20.7 Å². The van der Waals surface area contributed by atoms with Crippen LogP contribution in [0.4, 0.5) is 0 Å². The molecular formula is C20H19BrO5. The van der Waals surface area contributed by atoms with Crippen molar-refractivity contribution in [2.75, 3.05) is 13.7 Å². The van der Waals surface area contributed by atoms with Crippen molar-refractivity contribution in [2.45, 2.75) is 13.3 Å². The molecule has 6 heteroatoms. The Bertz CT molecular complexity index is 798. The van der Waals surface area contributed by atoms with Crippen molar-refractivity contribution in [3.8, 4) is 0 Å². The Morgan fingerprint density at radius 1 is 1.04 bits per heavy atom. The maximum atomic E-state index is 12.9. The van der Waals surface area contributed by atoms with E-state index < -0.39 is 17.9 Å². The third kappa shape index (κ3) is 5.02. The van der Waals surface area contributed by atoms with Gasteiger partial charge in [0.25, 0.3) is 0 Å². The first kappa shape index (κ1) is 19.8. The monoisotopic (exact) mass is 418 g/mol. The van der Waals surface area contributed by atoms with E-state index in [9.17, 15) is 14.4 Å². The molecule has 2 aromatic carbocycles. The fraction of sp³-hybridized carbons (Fsp3) is 0.250. The van der Waals surface area contributed by atoms with Gasteiger partial charge >= 0.3 is 11.9 Å². The van der Waals surface area contributed by atoms with Crippen LogP contribution in [0.1, 0.15) is 33.2 Å². The van der Waals surface area contributed by atoms with Crippen molar-refractivity contribution in [2.24, 2.45) is 5.92 Å². The summed E-state index contributed by atoms with van der Waals surface area (Å²) in [6, 6.07) is 13.5. The second kappa shape index (κ2) is 9.29. The number of Topliss-reactive ketones (excluding diaryl/α,β-unsaturated/α-hetero) is 1. The summed E-state index contributed by atoms with van der Waals surface area (Å²) in [7, 11) is 1.29. The molecule has 0 saturated carbocycles. The van der Waals surface area contributed by atoms with E-state index in [1.807, 2.05) is 24.3 Å². The van der Waals surface area contributed by atoms with Crippen molar-refractivity contribution >= 4 is 33.7 Å². The van der Waals surface area contributed by atoms with Crippen LogP contribution in [-0.2, 0) is 20.7 Å². The number of esters is 2. The maximum Gasteiger partial charge on any atom is 0.337 e. The van der Waals surface area contributed by atoms with Crippen LogP contribution in [0.3, 0.4) is 0 Å². The van der Waals surface area contributed by atoms with Gasteiger partial charge in [0.05, 0.1) is 19.3 Å². The predicted octanol–water partition coefficient (Wildman–Crippen LogP) is 3.84. The van der Waals surface area contributed by atoms with Crippen LogP contribution in [0.25, 0.3) is 0 Å². The summed E-state index contributed by atoms with van der Waals surface area (Å²) >= 11 is 3.39. The van der Waals surface area contributed by atoms with E-state index >= 15 is 0 Å². The van der Waals surface area contributed by atoms with Crippen LogP contribution >= 0.6 is 15.9 Å². The number of hydrogen-bond acceptors (Lipinski definition) is 5. The molecule has 0 heterocycles. The molecule has 0 saturated heterocycles. The zero-order valence-electron chi connectivity index (χ0n) is 14.5. The van der Waals surface area contributed by atoms with Crippen LogP contribution < -0.4 is 0 Å². The Hall–Kier alpha value is -2.47. The third-order valence-electron chi connectivity index (χ3n) is 3.81. The molecule has 5 nitrogen and oxygen atoms in total. The largest absolute Gasteiger partial charge is 0.465 e. The summed E-state index contributed by atoms with van der Waals surface area (Å²) < 4.78 is 10.6. The van der Waals surface area contributed by atoms with E-state index in [4.69, 9.17) is 4.74 Å². The Labute approximate surface area is 160 Å². The van der Waals surface area contributed by atoms with E-state index in [1.165, 1.54) is 31.4 Å². The van der Waals surface area contributed by atoms with E-state index in [0.29, 0.717) is 11.1 Å². The average molecular weight is 419 g/mol. The molecular weight excluding hydrogens is 400 g/mol. The van der Waals surface area contributed by atoms with Crippen LogP contribution in [-0.4, -0.2) is 31.4 Å². The van der Waals surface area contributed by atoms with Gasteiger partial charge in [0.2, 0.25) is 0 Å². The number of methoxy groups -OCH3 is 1. The normalized spacial score (nSPS) is 11.5. The molecule has 26 heavy (non-hydrogen) atoms. The Morgan fingerprint density at radius 3 is 2.27 bits per heavy atom. The second-order valence-electron chi connectivity index (χ2n) is 5.57. The number of rotatable bonds is 7. The van der Waals surface area contributed by atoms with Gasteiger partial charge in [-0.25, -0.2) is 4.79 Å². The first-order valence-corrected chi connectivity index (χ1v) is 8.89. The van der Waals surface area contributed by atoms with Crippen LogP contribution in [0.2, 0.25) is 0 Å². The minimum atomic E-state index is -0.951.